The molecule has 0 aliphatic carbocycles. The van der Waals surface area contributed by atoms with Crippen molar-refractivity contribution in [3.8, 4) is 5.75 Å². The Morgan fingerprint density at radius 1 is 1.57 bits per heavy atom. The topological polar surface area (TPSA) is 98.6 Å². The normalized spacial score (nSPS) is 12.1. The molecule has 1 unspecified atom stereocenters. The number of benzene rings is 1. The molecule has 0 aliphatic rings. The lowest BCUT2D eigenvalue weighted by atomic mass is 10.3. The highest BCUT2D eigenvalue weighted by atomic mass is 16.6. The molecular weight excluding hydrogens is 188 g/mol. The van der Waals surface area contributed by atoms with Gasteiger partial charge in [-0.2, -0.15) is 0 Å². The van der Waals surface area contributed by atoms with Gasteiger partial charge in [0.05, 0.1) is 4.92 Å². The Morgan fingerprint density at radius 2 is 2.21 bits per heavy atom. The van der Waals surface area contributed by atoms with Crippen LogP contribution in [0.1, 0.15) is 0 Å². The molecule has 0 radical (unpaired) electrons. The molecule has 14 heavy (non-hydrogen) atoms. The van der Waals surface area contributed by atoms with E-state index in [1.54, 1.807) is 6.07 Å². The summed E-state index contributed by atoms with van der Waals surface area (Å²) in [6, 6.07) is 5.90. The van der Waals surface area contributed by atoms with Gasteiger partial charge in [-0.15, -0.1) is 0 Å². The first-order valence-electron chi connectivity index (χ1n) is 3.91. The van der Waals surface area contributed by atoms with Crippen LogP contribution in [0.3, 0.4) is 0 Å². The Bertz CT molecular complexity index is 327. The smallest absolute Gasteiger partial charge is 0.310 e. The second kappa shape index (κ2) is 4.54. The molecule has 0 amide bonds. The highest BCUT2D eigenvalue weighted by Crippen LogP contribution is 2.25. The molecule has 0 spiro atoms. The van der Waals surface area contributed by atoms with Crippen LogP contribution in [0.25, 0.3) is 0 Å². The molecule has 3 N–H and O–H groups in total. The van der Waals surface area contributed by atoms with Crippen molar-refractivity contribution in [3.63, 3.8) is 0 Å². The van der Waals surface area contributed by atoms with Gasteiger partial charge in [0.1, 0.15) is 12.8 Å². The monoisotopic (exact) mass is 198 g/mol. The predicted octanol–water partition coefficient (Wildman–Crippen LogP) is 0.251. The van der Waals surface area contributed by atoms with Crippen molar-refractivity contribution in [1.29, 1.82) is 0 Å². The summed E-state index contributed by atoms with van der Waals surface area (Å²) in [5.41, 5.74) is 4.88. The number of ether oxygens (including phenoxy) is 1. The second-order valence-corrected chi connectivity index (χ2v) is 2.60. The highest BCUT2D eigenvalue weighted by Gasteiger charge is 2.13. The molecule has 0 fully saturated rings. The maximum Gasteiger partial charge on any atom is 0.310 e. The zero-order valence-corrected chi connectivity index (χ0v) is 7.29. The van der Waals surface area contributed by atoms with Crippen LogP contribution in [0.15, 0.2) is 24.3 Å². The van der Waals surface area contributed by atoms with Gasteiger partial charge < -0.3 is 15.6 Å². The van der Waals surface area contributed by atoms with E-state index in [2.05, 4.69) is 0 Å². The summed E-state index contributed by atoms with van der Waals surface area (Å²) in [6.07, 6.45) is -1.14. The quantitative estimate of drug-likeness (QED) is 0.410. The first-order valence-corrected chi connectivity index (χ1v) is 3.91. The third-order valence-electron chi connectivity index (χ3n) is 1.47. The summed E-state index contributed by atoms with van der Waals surface area (Å²) in [5.74, 6) is 0.0991. The Balaban J connectivity index is 2.79. The molecule has 0 aromatic heterocycles. The molecule has 0 aliphatic heterocycles. The lowest BCUT2D eigenvalue weighted by Crippen LogP contribution is -2.26. The van der Waals surface area contributed by atoms with Crippen LogP contribution in [0.5, 0.6) is 5.75 Å². The van der Waals surface area contributed by atoms with Crippen molar-refractivity contribution < 1.29 is 14.8 Å². The fraction of sp³-hybridized carbons (Fsp3) is 0.250. The molecule has 1 aromatic rings. The minimum atomic E-state index is -1.14. The van der Waals surface area contributed by atoms with Gasteiger partial charge >= 0.3 is 5.69 Å². The van der Waals surface area contributed by atoms with Crippen molar-refractivity contribution in [3.05, 3.63) is 34.4 Å². The van der Waals surface area contributed by atoms with Crippen molar-refractivity contribution in [2.45, 2.75) is 6.23 Å². The summed E-state index contributed by atoms with van der Waals surface area (Å²) >= 11 is 0. The minimum Gasteiger partial charge on any atom is -0.483 e. The summed E-state index contributed by atoms with van der Waals surface area (Å²) in [5, 5.41) is 19.2. The molecule has 6 nitrogen and oxygen atoms in total. The lowest BCUT2D eigenvalue weighted by molar-refractivity contribution is -0.385. The first-order chi connectivity index (χ1) is 6.61. The van der Waals surface area contributed by atoms with Crippen molar-refractivity contribution in [2.24, 2.45) is 5.73 Å². The average molecular weight is 198 g/mol. The Hall–Kier alpha value is -1.66. The number of hydrogen-bond donors (Lipinski definition) is 2. The van der Waals surface area contributed by atoms with Crippen LogP contribution < -0.4 is 10.5 Å². The van der Waals surface area contributed by atoms with E-state index in [1.165, 1.54) is 18.2 Å². The molecule has 1 rings (SSSR count). The zero-order valence-electron chi connectivity index (χ0n) is 7.29. The number of nitro groups is 1. The largest absolute Gasteiger partial charge is 0.483 e. The first kappa shape index (κ1) is 10.4. The number of hydrogen-bond acceptors (Lipinski definition) is 5. The summed E-state index contributed by atoms with van der Waals surface area (Å²) in [6.45, 7) is -0.176. The molecule has 0 bridgehead atoms. The number of para-hydroxylation sites is 2. The summed E-state index contributed by atoms with van der Waals surface area (Å²) in [7, 11) is 0. The van der Waals surface area contributed by atoms with Crippen LogP contribution in [0, 0.1) is 10.1 Å². The fourth-order valence-electron chi connectivity index (χ4n) is 0.905. The van der Waals surface area contributed by atoms with Crippen molar-refractivity contribution in [2.75, 3.05) is 6.61 Å². The molecule has 6 heteroatoms. The van der Waals surface area contributed by atoms with E-state index in [0.717, 1.165) is 0 Å². The van der Waals surface area contributed by atoms with Crippen LogP contribution >= 0.6 is 0 Å². The van der Waals surface area contributed by atoms with Gasteiger partial charge in [0, 0.05) is 6.07 Å². The number of aliphatic hydroxyl groups excluding tert-OH is 1. The van der Waals surface area contributed by atoms with E-state index in [0.29, 0.717) is 0 Å². The minimum absolute atomic E-state index is 0.0991. The second-order valence-electron chi connectivity index (χ2n) is 2.60. The number of nitrogens with zero attached hydrogens (tertiary/aromatic N) is 1. The number of aliphatic hydroxyl groups is 1. The number of nitrogens with two attached hydrogens (primary N) is 1. The van der Waals surface area contributed by atoms with Gasteiger partial charge in [0.25, 0.3) is 0 Å². The van der Waals surface area contributed by atoms with E-state index in [1.807, 2.05) is 0 Å². The summed E-state index contributed by atoms with van der Waals surface area (Å²) in [4.78, 5) is 9.94. The third-order valence-corrected chi connectivity index (χ3v) is 1.47. The van der Waals surface area contributed by atoms with Crippen LogP contribution in [0.4, 0.5) is 5.69 Å². The van der Waals surface area contributed by atoms with Gasteiger partial charge in [-0.3, -0.25) is 10.1 Å². The Kier molecular flexibility index (Phi) is 3.38. The highest BCUT2D eigenvalue weighted by molar-refractivity contribution is 5.45. The Labute approximate surface area is 80.1 Å². The molecule has 0 saturated carbocycles. The molecule has 0 heterocycles. The van der Waals surface area contributed by atoms with Gasteiger partial charge in [-0.25, -0.2) is 0 Å². The van der Waals surface area contributed by atoms with E-state index in [9.17, 15) is 10.1 Å². The molecule has 0 saturated heterocycles. The summed E-state index contributed by atoms with van der Waals surface area (Å²) < 4.78 is 4.94. The lowest BCUT2D eigenvalue weighted by Gasteiger charge is -2.07. The van der Waals surface area contributed by atoms with Gasteiger partial charge in [-0.1, -0.05) is 12.1 Å². The number of rotatable bonds is 4. The van der Waals surface area contributed by atoms with Crippen LogP contribution in [-0.4, -0.2) is 22.9 Å². The SMILES string of the molecule is NC(O)COc1ccccc1[N+](=O)[O-]. The molecule has 1 atom stereocenters. The average Bonchev–Trinajstić information content (AvgIpc) is 2.15. The van der Waals surface area contributed by atoms with Crippen molar-refractivity contribution in [1.82, 2.24) is 0 Å². The molecule has 1 aromatic carbocycles. The Morgan fingerprint density at radius 3 is 2.79 bits per heavy atom. The third kappa shape index (κ3) is 2.68. The fourth-order valence-corrected chi connectivity index (χ4v) is 0.905. The number of nitro benzene ring substituents is 1. The zero-order chi connectivity index (χ0) is 10.6. The maximum absolute atomic E-state index is 10.5. The standard InChI is InChI=1S/C8H10N2O4/c9-8(11)5-14-7-4-2-1-3-6(7)10(12)13/h1-4,8,11H,5,9H2. The molecule has 76 valence electrons. The van der Waals surface area contributed by atoms with Crippen LogP contribution in [0.2, 0.25) is 0 Å². The van der Waals surface area contributed by atoms with Gasteiger partial charge in [-0.05, 0) is 6.07 Å². The van der Waals surface area contributed by atoms with Gasteiger partial charge in [0.2, 0.25) is 0 Å². The van der Waals surface area contributed by atoms with E-state index < -0.39 is 11.2 Å². The molecular formula is C8H10N2O4. The van der Waals surface area contributed by atoms with E-state index in [4.69, 9.17) is 15.6 Å². The van der Waals surface area contributed by atoms with E-state index >= 15 is 0 Å². The van der Waals surface area contributed by atoms with E-state index in [-0.39, 0.29) is 18.0 Å². The predicted molar refractivity (Wildman–Crippen MR) is 48.8 cm³/mol. The van der Waals surface area contributed by atoms with Crippen molar-refractivity contribution >= 4 is 5.69 Å². The van der Waals surface area contributed by atoms with Gasteiger partial charge in [0.15, 0.2) is 5.75 Å². The maximum atomic E-state index is 10.5. The van der Waals surface area contributed by atoms with Crippen LogP contribution in [-0.2, 0) is 0 Å².